The number of nitrogens with one attached hydrogen (secondary N) is 1. The monoisotopic (exact) mass is 265 g/mol. The molecule has 19 heavy (non-hydrogen) atoms. The lowest BCUT2D eigenvalue weighted by molar-refractivity contribution is -0.128. The molecule has 4 nitrogen and oxygen atoms in total. The van der Waals surface area contributed by atoms with Gasteiger partial charge in [0.25, 0.3) is 0 Å². The molecule has 0 spiro atoms. The third kappa shape index (κ3) is 2.95. The number of amides is 1. The molecule has 2 aliphatic carbocycles. The van der Waals surface area contributed by atoms with E-state index < -0.39 is 5.54 Å². The molecule has 3 atom stereocenters. The molecule has 0 aromatic carbocycles. The molecule has 3 N–H and O–H groups in total. The number of carbonyl (C=O) groups is 1. The van der Waals surface area contributed by atoms with Gasteiger partial charge < -0.3 is 11.1 Å². The normalized spacial score (nSPS) is 40.3. The summed E-state index contributed by atoms with van der Waals surface area (Å²) in [6.45, 7) is 4.38. The lowest BCUT2D eigenvalue weighted by Crippen LogP contribution is -2.58. The van der Waals surface area contributed by atoms with Crippen LogP contribution in [0.3, 0.4) is 0 Å². The minimum atomic E-state index is -0.606. The highest BCUT2D eigenvalue weighted by Crippen LogP contribution is 2.32. The van der Waals surface area contributed by atoms with Crippen molar-refractivity contribution in [3.05, 3.63) is 0 Å². The maximum absolute atomic E-state index is 12.5. The van der Waals surface area contributed by atoms with Crippen molar-refractivity contribution in [1.82, 2.24) is 10.2 Å². The van der Waals surface area contributed by atoms with E-state index in [-0.39, 0.29) is 5.91 Å². The topological polar surface area (TPSA) is 58.4 Å². The van der Waals surface area contributed by atoms with Crippen molar-refractivity contribution < 1.29 is 4.79 Å². The van der Waals surface area contributed by atoms with Gasteiger partial charge >= 0.3 is 0 Å². The zero-order valence-corrected chi connectivity index (χ0v) is 12.0. The maximum atomic E-state index is 12.5. The standard InChI is InChI=1S/C15H27N3O/c1-11-3-2-7-15(16,9-11)14(19)17-12-6-8-18(10-12)13-4-5-13/h11-13H,2-10,16H2,1H3,(H,17,19). The van der Waals surface area contributed by atoms with Crippen molar-refractivity contribution in [2.75, 3.05) is 13.1 Å². The van der Waals surface area contributed by atoms with Gasteiger partial charge in [-0.2, -0.15) is 0 Å². The van der Waals surface area contributed by atoms with Gasteiger partial charge in [-0.15, -0.1) is 0 Å². The third-order valence-corrected chi connectivity index (χ3v) is 5.10. The van der Waals surface area contributed by atoms with Crippen molar-refractivity contribution in [3.63, 3.8) is 0 Å². The highest BCUT2D eigenvalue weighted by Gasteiger charge is 2.40. The predicted octanol–water partition coefficient (Wildman–Crippen LogP) is 1.25. The van der Waals surface area contributed by atoms with Gasteiger partial charge in [-0.25, -0.2) is 0 Å². The molecule has 0 aromatic rings. The van der Waals surface area contributed by atoms with Crippen LogP contribution in [0.4, 0.5) is 0 Å². The molecule has 2 saturated carbocycles. The van der Waals surface area contributed by atoms with Crippen LogP contribution in [0, 0.1) is 5.92 Å². The molecule has 0 bridgehead atoms. The molecule has 0 aromatic heterocycles. The number of carbonyl (C=O) groups excluding carboxylic acids is 1. The molecule has 1 saturated heterocycles. The van der Waals surface area contributed by atoms with Crippen LogP contribution in [0.1, 0.15) is 51.9 Å². The minimum Gasteiger partial charge on any atom is -0.350 e. The summed E-state index contributed by atoms with van der Waals surface area (Å²) in [5, 5.41) is 3.22. The van der Waals surface area contributed by atoms with Gasteiger partial charge in [-0.3, -0.25) is 9.69 Å². The van der Waals surface area contributed by atoms with E-state index in [2.05, 4.69) is 17.1 Å². The second kappa shape index (κ2) is 5.06. The summed E-state index contributed by atoms with van der Waals surface area (Å²) in [7, 11) is 0. The summed E-state index contributed by atoms with van der Waals surface area (Å²) < 4.78 is 0. The van der Waals surface area contributed by atoms with Crippen molar-refractivity contribution in [2.45, 2.75) is 69.5 Å². The average molecular weight is 265 g/mol. The molecule has 3 unspecified atom stereocenters. The van der Waals surface area contributed by atoms with Gasteiger partial charge in [-0.1, -0.05) is 19.8 Å². The fourth-order valence-corrected chi connectivity index (χ4v) is 3.80. The number of nitrogens with zero attached hydrogens (tertiary/aromatic N) is 1. The molecule has 3 aliphatic rings. The Kier molecular flexibility index (Phi) is 3.56. The Morgan fingerprint density at radius 2 is 2.11 bits per heavy atom. The van der Waals surface area contributed by atoms with E-state index in [4.69, 9.17) is 5.73 Å². The number of nitrogens with two attached hydrogens (primary N) is 1. The molecule has 1 amide bonds. The highest BCUT2D eigenvalue weighted by molar-refractivity contribution is 5.86. The fraction of sp³-hybridized carbons (Fsp3) is 0.933. The average Bonchev–Trinajstić information content (AvgIpc) is 3.10. The summed E-state index contributed by atoms with van der Waals surface area (Å²) in [5.74, 6) is 0.678. The van der Waals surface area contributed by atoms with Gasteiger partial charge in [0.1, 0.15) is 0 Å². The van der Waals surface area contributed by atoms with Crippen molar-refractivity contribution in [3.8, 4) is 0 Å². The number of hydrogen-bond acceptors (Lipinski definition) is 3. The first-order valence-electron chi connectivity index (χ1n) is 7.91. The Morgan fingerprint density at radius 1 is 1.32 bits per heavy atom. The molecule has 108 valence electrons. The molecule has 4 heteroatoms. The molecular weight excluding hydrogens is 238 g/mol. The van der Waals surface area contributed by atoms with Crippen molar-refractivity contribution in [1.29, 1.82) is 0 Å². The van der Waals surface area contributed by atoms with E-state index in [0.717, 1.165) is 44.8 Å². The SMILES string of the molecule is CC1CCCC(N)(C(=O)NC2CCN(C3CC3)C2)C1. The Hall–Kier alpha value is -0.610. The fourth-order valence-electron chi connectivity index (χ4n) is 3.80. The quantitative estimate of drug-likeness (QED) is 0.807. The summed E-state index contributed by atoms with van der Waals surface area (Å²) >= 11 is 0. The number of rotatable bonds is 3. The van der Waals surface area contributed by atoms with E-state index in [1.165, 1.54) is 19.3 Å². The second-order valence-electron chi connectivity index (χ2n) is 7.04. The van der Waals surface area contributed by atoms with Crippen molar-refractivity contribution >= 4 is 5.91 Å². The van der Waals surface area contributed by atoms with Crippen LogP contribution in [0.5, 0.6) is 0 Å². The first-order valence-corrected chi connectivity index (χ1v) is 7.91. The van der Waals surface area contributed by atoms with Crippen LogP contribution < -0.4 is 11.1 Å². The van der Waals surface area contributed by atoms with E-state index >= 15 is 0 Å². The Labute approximate surface area is 116 Å². The minimum absolute atomic E-state index is 0.0988. The first-order chi connectivity index (χ1) is 9.07. The van der Waals surface area contributed by atoms with Crippen LogP contribution in [0.25, 0.3) is 0 Å². The Balaban J connectivity index is 1.52. The maximum Gasteiger partial charge on any atom is 0.240 e. The van der Waals surface area contributed by atoms with Crippen LogP contribution in [0.2, 0.25) is 0 Å². The highest BCUT2D eigenvalue weighted by atomic mass is 16.2. The van der Waals surface area contributed by atoms with Crippen LogP contribution in [-0.4, -0.2) is 41.5 Å². The summed E-state index contributed by atoms with van der Waals surface area (Å²) in [5.41, 5.74) is 5.75. The predicted molar refractivity (Wildman–Crippen MR) is 75.7 cm³/mol. The summed E-state index contributed by atoms with van der Waals surface area (Å²) in [6, 6.07) is 1.13. The Morgan fingerprint density at radius 3 is 2.79 bits per heavy atom. The second-order valence-corrected chi connectivity index (χ2v) is 7.04. The first kappa shape index (κ1) is 13.4. The largest absolute Gasteiger partial charge is 0.350 e. The number of hydrogen-bond donors (Lipinski definition) is 2. The van der Waals surface area contributed by atoms with Gasteiger partial charge in [0.05, 0.1) is 5.54 Å². The van der Waals surface area contributed by atoms with E-state index in [9.17, 15) is 4.79 Å². The van der Waals surface area contributed by atoms with Gasteiger partial charge in [-0.05, 0) is 38.0 Å². The smallest absolute Gasteiger partial charge is 0.240 e. The van der Waals surface area contributed by atoms with E-state index in [1.807, 2.05) is 0 Å². The van der Waals surface area contributed by atoms with Gasteiger partial charge in [0.15, 0.2) is 0 Å². The Bertz CT molecular complexity index is 355. The van der Waals surface area contributed by atoms with E-state index in [1.54, 1.807) is 0 Å². The summed E-state index contributed by atoms with van der Waals surface area (Å²) in [6.07, 6.45) is 7.78. The summed E-state index contributed by atoms with van der Waals surface area (Å²) in [4.78, 5) is 15.0. The van der Waals surface area contributed by atoms with Crippen LogP contribution in [0.15, 0.2) is 0 Å². The lowest BCUT2D eigenvalue weighted by Gasteiger charge is -2.36. The lowest BCUT2D eigenvalue weighted by atomic mass is 9.76. The van der Waals surface area contributed by atoms with Gasteiger partial charge in [0.2, 0.25) is 5.91 Å². The zero-order chi connectivity index (χ0) is 13.5. The molecule has 1 aliphatic heterocycles. The third-order valence-electron chi connectivity index (χ3n) is 5.10. The van der Waals surface area contributed by atoms with Crippen LogP contribution >= 0.6 is 0 Å². The van der Waals surface area contributed by atoms with E-state index in [0.29, 0.717) is 12.0 Å². The molecular formula is C15H27N3O. The molecule has 0 radical (unpaired) electrons. The number of likely N-dealkylation sites (tertiary alicyclic amines) is 1. The van der Waals surface area contributed by atoms with Gasteiger partial charge in [0, 0.05) is 25.2 Å². The molecule has 3 fully saturated rings. The molecule has 3 rings (SSSR count). The zero-order valence-electron chi connectivity index (χ0n) is 12.0. The van der Waals surface area contributed by atoms with Crippen molar-refractivity contribution in [2.24, 2.45) is 11.7 Å². The molecule has 1 heterocycles. The van der Waals surface area contributed by atoms with Crippen LogP contribution in [-0.2, 0) is 4.79 Å².